The van der Waals surface area contributed by atoms with Crippen molar-refractivity contribution in [2.24, 2.45) is 11.8 Å². The first-order valence-electron chi connectivity index (χ1n) is 8.07. The van der Waals surface area contributed by atoms with E-state index in [1.54, 1.807) is 0 Å². The van der Waals surface area contributed by atoms with Crippen LogP contribution in [0.3, 0.4) is 0 Å². The van der Waals surface area contributed by atoms with E-state index in [9.17, 15) is 0 Å². The van der Waals surface area contributed by atoms with E-state index in [4.69, 9.17) is 4.74 Å². The average molecular weight is 275 g/mol. The van der Waals surface area contributed by atoms with Gasteiger partial charge < -0.3 is 10.1 Å². The zero-order valence-electron chi connectivity index (χ0n) is 13.4. The summed E-state index contributed by atoms with van der Waals surface area (Å²) in [4.78, 5) is 0. The fourth-order valence-corrected chi connectivity index (χ4v) is 3.21. The van der Waals surface area contributed by atoms with Crippen LogP contribution in [-0.4, -0.2) is 13.2 Å². The minimum Gasteiger partial charge on any atom is -0.490 e. The molecule has 0 spiro atoms. The molecule has 2 nitrogen and oxygen atoms in total. The minimum atomic E-state index is 0.395. The second-order valence-electron chi connectivity index (χ2n) is 6.33. The van der Waals surface area contributed by atoms with Crippen molar-refractivity contribution in [3.63, 3.8) is 0 Å². The maximum absolute atomic E-state index is 6.23. The van der Waals surface area contributed by atoms with Gasteiger partial charge in [-0.2, -0.15) is 0 Å². The molecule has 2 heteroatoms. The highest BCUT2D eigenvalue weighted by atomic mass is 16.5. The lowest BCUT2D eigenvalue weighted by Crippen LogP contribution is -2.28. The molecule has 1 N–H and O–H groups in total. The minimum absolute atomic E-state index is 0.395. The van der Waals surface area contributed by atoms with E-state index in [0.29, 0.717) is 12.1 Å². The molecule has 1 fully saturated rings. The number of nitrogens with one attached hydrogen (secondary N) is 1. The summed E-state index contributed by atoms with van der Waals surface area (Å²) in [7, 11) is 2.02. The number of hydrogen-bond donors (Lipinski definition) is 1. The second kappa shape index (κ2) is 7.12. The van der Waals surface area contributed by atoms with E-state index < -0.39 is 0 Å². The van der Waals surface area contributed by atoms with Crippen LogP contribution in [0.15, 0.2) is 24.3 Å². The molecule has 2 rings (SSSR count). The van der Waals surface area contributed by atoms with E-state index in [2.05, 4.69) is 50.4 Å². The zero-order valence-corrected chi connectivity index (χ0v) is 13.4. The predicted molar refractivity (Wildman–Crippen MR) is 85.1 cm³/mol. The van der Waals surface area contributed by atoms with Gasteiger partial charge in [-0.15, -0.1) is 0 Å². The van der Waals surface area contributed by atoms with Crippen LogP contribution in [0.2, 0.25) is 0 Å². The van der Waals surface area contributed by atoms with Crippen LogP contribution in [0.5, 0.6) is 5.75 Å². The first-order valence-corrected chi connectivity index (χ1v) is 8.07. The normalized spacial score (nSPS) is 28.1. The Kier molecular flexibility index (Phi) is 5.47. The van der Waals surface area contributed by atoms with E-state index in [-0.39, 0.29) is 0 Å². The van der Waals surface area contributed by atoms with Gasteiger partial charge in [-0.1, -0.05) is 32.9 Å². The summed E-state index contributed by atoms with van der Waals surface area (Å²) < 4.78 is 6.23. The maximum Gasteiger partial charge on any atom is 0.120 e. The van der Waals surface area contributed by atoms with Gasteiger partial charge in [0.05, 0.1) is 6.10 Å². The van der Waals surface area contributed by atoms with Crippen molar-refractivity contribution in [3.05, 3.63) is 29.8 Å². The van der Waals surface area contributed by atoms with Crippen molar-refractivity contribution in [1.29, 1.82) is 0 Å². The molecule has 1 aromatic carbocycles. The third-order valence-electron chi connectivity index (χ3n) is 4.87. The molecule has 0 heterocycles. The molecule has 1 saturated carbocycles. The Bertz CT molecular complexity index is 414. The van der Waals surface area contributed by atoms with Crippen molar-refractivity contribution in [3.8, 4) is 5.75 Å². The standard InChI is InChI=1S/C18H29NO/c1-5-18(19-4)15-7-6-8-16(12-15)20-17-10-9-13(2)14(3)11-17/h6-8,12-14,17-19H,5,9-11H2,1-4H3. The van der Waals surface area contributed by atoms with Crippen LogP contribution in [0.25, 0.3) is 0 Å². The quantitative estimate of drug-likeness (QED) is 0.850. The molecular weight excluding hydrogens is 246 g/mol. The van der Waals surface area contributed by atoms with Crippen molar-refractivity contribution in [2.75, 3.05) is 7.05 Å². The van der Waals surface area contributed by atoms with Gasteiger partial charge in [-0.05, 0) is 62.3 Å². The maximum atomic E-state index is 6.23. The summed E-state index contributed by atoms with van der Waals surface area (Å²) in [6, 6.07) is 9.01. The van der Waals surface area contributed by atoms with Gasteiger partial charge >= 0.3 is 0 Å². The first kappa shape index (κ1) is 15.4. The third-order valence-corrected chi connectivity index (χ3v) is 4.87. The fourth-order valence-electron chi connectivity index (χ4n) is 3.21. The lowest BCUT2D eigenvalue weighted by Gasteiger charge is -2.32. The van der Waals surface area contributed by atoms with Crippen LogP contribution in [0.4, 0.5) is 0 Å². The summed E-state index contributed by atoms with van der Waals surface area (Å²) >= 11 is 0. The van der Waals surface area contributed by atoms with Gasteiger partial charge in [0.25, 0.3) is 0 Å². The van der Waals surface area contributed by atoms with Crippen LogP contribution in [0.1, 0.15) is 58.1 Å². The molecule has 4 unspecified atom stereocenters. The van der Waals surface area contributed by atoms with Crippen LogP contribution in [-0.2, 0) is 0 Å². The van der Waals surface area contributed by atoms with E-state index >= 15 is 0 Å². The van der Waals surface area contributed by atoms with E-state index in [1.165, 1.54) is 24.8 Å². The van der Waals surface area contributed by atoms with Crippen molar-refractivity contribution >= 4 is 0 Å². The summed E-state index contributed by atoms with van der Waals surface area (Å²) in [6.07, 6.45) is 5.16. The predicted octanol–water partition coefficient (Wildman–Crippen LogP) is 4.56. The van der Waals surface area contributed by atoms with Crippen LogP contribution >= 0.6 is 0 Å². The second-order valence-corrected chi connectivity index (χ2v) is 6.33. The Morgan fingerprint density at radius 1 is 1.25 bits per heavy atom. The largest absolute Gasteiger partial charge is 0.490 e. The topological polar surface area (TPSA) is 21.3 Å². The highest BCUT2D eigenvalue weighted by Gasteiger charge is 2.25. The SMILES string of the molecule is CCC(NC)c1cccc(OC2CCC(C)C(C)C2)c1. The number of ether oxygens (including phenoxy) is 1. The Morgan fingerprint density at radius 2 is 2.05 bits per heavy atom. The lowest BCUT2D eigenvalue weighted by molar-refractivity contribution is 0.100. The molecule has 112 valence electrons. The van der Waals surface area contributed by atoms with E-state index in [1.807, 2.05) is 7.05 Å². The highest BCUT2D eigenvalue weighted by molar-refractivity contribution is 5.30. The molecular formula is C18H29NO. The van der Waals surface area contributed by atoms with Gasteiger partial charge in [0.15, 0.2) is 0 Å². The summed E-state index contributed by atoms with van der Waals surface area (Å²) in [5, 5.41) is 3.36. The van der Waals surface area contributed by atoms with Gasteiger partial charge in [0, 0.05) is 6.04 Å². The highest BCUT2D eigenvalue weighted by Crippen LogP contribution is 2.32. The molecule has 4 atom stereocenters. The zero-order chi connectivity index (χ0) is 14.5. The summed E-state index contributed by atoms with van der Waals surface area (Å²) in [5.74, 6) is 2.65. The molecule has 0 aromatic heterocycles. The molecule has 0 bridgehead atoms. The summed E-state index contributed by atoms with van der Waals surface area (Å²) in [6.45, 7) is 6.92. The van der Waals surface area contributed by atoms with Gasteiger partial charge in [-0.3, -0.25) is 0 Å². The summed E-state index contributed by atoms with van der Waals surface area (Å²) in [5.41, 5.74) is 1.32. The number of benzene rings is 1. The molecule has 20 heavy (non-hydrogen) atoms. The molecule has 0 aliphatic heterocycles. The monoisotopic (exact) mass is 275 g/mol. The molecule has 1 aromatic rings. The van der Waals surface area contributed by atoms with E-state index in [0.717, 1.165) is 24.0 Å². The smallest absolute Gasteiger partial charge is 0.120 e. The van der Waals surface area contributed by atoms with Crippen molar-refractivity contribution in [2.45, 2.75) is 58.6 Å². The number of rotatable bonds is 5. The Labute approximate surface area is 123 Å². The fraction of sp³-hybridized carbons (Fsp3) is 0.667. The molecule has 0 radical (unpaired) electrons. The number of hydrogen-bond acceptors (Lipinski definition) is 2. The Balaban J connectivity index is 2.01. The first-order chi connectivity index (χ1) is 9.63. The van der Waals surface area contributed by atoms with Gasteiger partial charge in [0.2, 0.25) is 0 Å². The van der Waals surface area contributed by atoms with Crippen molar-refractivity contribution in [1.82, 2.24) is 5.32 Å². The third kappa shape index (κ3) is 3.76. The van der Waals surface area contributed by atoms with Crippen molar-refractivity contribution < 1.29 is 4.74 Å². The molecule has 1 aliphatic rings. The Hall–Kier alpha value is -1.02. The Morgan fingerprint density at radius 3 is 2.70 bits per heavy atom. The lowest BCUT2D eigenvalue weighted by atomic mass is 9.80. The van der Waals surface area contributed by atoms with Gasteiger partial charge in [0.1, 0.15) is 5.75 Å². The molecule has 0 amide bonds. The average Bonchev–Trinajstić information content (AvgIpc) is 2.45. The van der Waals surface area contributed by atoms with Crippen LogP contribution in [0, 0.1) is 11.8 Å². The molecule has 0 saturated heterocycles. The van der Waals surface area contributed by atoms with Gasteiger partial charge in [-0.25, -0.2) is 0 Å². The molecule has 1 aliphatic carbocycles. The van der Waals surface area contributed by atoms with Crippen LogP contribution < -0.4 is 10.1 Å².